The summed E-state index contributed by atoms with van der Waals surface area (Å²) in [6.45, 7) is 0.0533. The van der Waals surface area contributed by atoms with Crippen LogP contribution in [0.1, 0.15) is 31.2 Å². The summed E-state index contributed by atoms with van der Waals surface area (Å²) in [6, 6.07) is 8.16. The van der Waals surface area contributed by atoms with E-state index in [4.69, 9.17) is 0 Å². The smallest absolute Gasteiger partial charge is 0.239 e. The number of aromatic amines is 1. The molecule has 22 heavy (non-hydrogen) atoms. The Bertz CT molecular complexity index is 671. The largest absolute Gasteiger partial charge is 0.361 e. The molecular formula is C17H21N3O2. The van der Waals surface area contributed by atoms with Gasteiger partial charge in [0.05, 0.1) is 13.0 Å². The summed E-state index contributed by atoms with van der Waals surface area (Å²) in [6.07, 6.45) is 6.59. The number of rotatable bonds is 5. The molecule has 0 spiro atoms. The minimum Gasteiger partial charge on any atom is -0.361 e. The van der Waals surface area contributed by atoms with Crippen LogP contribution in [0.5, 0.6) is 0 Å². The minimum absolute atomic E-state index is 0.0533. The van der Waals surface area contributed by atoms with Gasteiger partial charge in [-0.3, -0.25) is 9.59 Å². The van der Waals surface area contributed by atoms with Gasteiger partial charge in [0.25, 0.3) is 0 Å². The number of carbonyl (C=O) groups excluding carboxylic acids is 2. The molecule has 5 nitrogen and oxygen atoms in total. The molecule has 3 rings (SSSR count). The molecule has 0 unspecified atom stereocenters. The summed E-state index contributed by atoms with van der Waals surface area (Å²) in [5, 5.41) is 6.71. The number of hydrogen-bond acceptors (Lipinski definition) is 2. The van der Waals surface area contributed by atoms with E-state index in [2.05, 4.69) is 15.6 Å². The minimum atomic E-state index is -0.133. The summed E-state index contributed by atoms with van der Waals surface area (Å²) in [5.74, 6) is -0.231. The van der Waals surface area contributed by atoms with Crippen molar-refractivity contribution in [2.24, 2.45) is 0 Å². The third kappa shape index (κ3) is 3.47. The highest BCUT2D eigenvalue weighted by atomic mass is 16.2. The summed E-state index contributed by atoms with van der Waals surface area (Å²) in [4.78, 5) is 26.9. The summed E-state index contributed by atoms with van der Waals surface area (Å²) in [5.41, 5.74) is 1.97. The van der Waals surface area contributed by atoms with Gasteiger partial charge in [-0.05, 0) is 24.5 Å². The molecule has 1 aliphatic rings. The van der Waals surface area contributed by atoms with Crippen molar-refractivity contribution in [1.29, 1.82) is 0 Å². The molecular weight excluding hydrogens is 278 g/mol. The molecule has 3 N–H and O–H groups in total. The van der Waals surface area contributed by atoms with Crippen molar-refractivity contribution in [3.63, 3.8) is 0 Å². The van der Waals surface area contributed by atoms with E-state index in [9.17, 15) is 9.59 Å². The van der Waals surface area contributed by atoms with E-state index in [1.807, 2.05) is 30.5 Å². The maximum absolute atomic E-state index is 12.0. The first-order valence-corrected chi connectivity index (χ1v) is 7.83. The number of benzene rings is 1. The van der Waals surface area contributed by atoms with E-state index in [1.165, 1.54) is 12.8 Å². The van der Waals surface area contributed by atoms with E-state index in [-0.39, 0.29) is 30.8 Å². The zero-order valence-corrected chi connectivity index (χ0v) is 12.5. The molecule has 0 aliphatic heterocycles. The molecule has 1 heterocycles. The highest BCUT2D eigenvalue weighted by molar-refractivity contribution is 5.90. The maximum Gasteiger partial charge on any atom is 0.239 e. The molecule has 1 aromatic carbocycles. The predicted molar refractivity (Wildman–Crippen MR) is 85.4 cm³/mol. The van der Waals surface area contributed by atoms with Crippen molar-refractivity contribution in [1.82, 2.24) is 15.6 Å². The first-order valence-electron chi connectivity index (χ1n) is 7.83. The Balaban J connectivity index is 1.49. The third-order valence-electron chi connectivity index (χ3n) is 4.19. The van der Waals surface area contributed by atoms with Crippen molar-refractivity contribution in [2.75, 3.05) is 6.54 Å². The molecule has 5 heteroatoms. The van der Waals surface area contributed by atoms with E-state index in [0.29, 0.717) is 0 Å². The standard InChI is InChI=1S/C17H21N3O2/c21-16(19-11-17(22)20-13-5-1-2-6-13)9-12-10-18-15-8-4-3-7-14(12)15/h3-4,7-8,10,13,18H,1-2,5-6,9,11H2,(H,19,21)(H,20,22). The molecule has 2 amide bonds. The van der Waals surface area contributed by atoms with Crippen LogP contribution in [-0.2, 0) is 16.0 Å². The van der Waals surface area contributed by atoms with Gasteiger partial charge >= 0.3 is 0 Å². The molecule has 0 bridgehead atoms. The number of carbonyl (C=O) groups is 2. The lowest BCUT2D eigenvalue weighted by Crippen LogP contribution is -2.41. The van der Waals surface area contributed by atoms with E-state index < -0.39 is 0 Å². The summed E-state index contributed by atoms with van der Waals surface area (Å²) in [7, 11) is 0. The van der Waals surface area contributed by atoms with Crippen molar-refractivity contribution in [3.05, 3.63) is 36.0 Å². The van der Waals surface area contributed by atoms with Crippen molar-refractivity contribution < 1.29 is 9.59 Å². The zero-order valence-electron chi connectivity index (χ0n) is 12.5. The van der Waals surface area contributed by atoms with Gasteiger partial charge in [-0.2, -0.15) is 0 Å². The van der Waals surface area contributed by atoms with E-state index >= 15 is 0 Å². The van der Waals surface area contributed by atoms with Crippen LogP contribution in [-0.4, -0.2) is 29.4 Å². The molecule has 1 aromatic heterocycles. The Morgan fingerprint density at radius 1 is 1.14 bits per heavy atom. The van der Waals surface area contributed by atoms with Gasteiger partial charge < -0.3 is 15.6 Å². The Morgan fingerprint density at radius 3 is 2.73 bits per heavy atom. The van der Waals surface area contributed by atoms with Crippen LogP contribution in [0.25, 0.3) is 10.9 Å². The molecule has 0 atom stereocenters. The number of fused-ring (bicyclic) bond motifs is 1. The van der Waals surface area contributed by atoms with Crippen LogP contribution in [0, 0.1) is 0 Å². The first-order chi connectivity index (χ1) is 10.7. The second-order valence-corrected chi connectivity index (χ2v) is 5.86. The molecule has 1 fully saturated rings. The second-order valence-electron chi connectivity index (χ2n) is 5.86. The topological polar surface area (TPSA) is 74.0 Å². The number of aromatic nitrogens is 1. The molecule has 116 valence electrons. The van der Waals surface area contributed by atoms with Gasteiger partial charge in [-0.1, -0.05) is 31.0 Å². The van der Waals surface area contributed by atoms with Crippen molar-refractivity contribution in [2.45, 2.75) is 38.1 Å². The van der Waals surface area contributed by atoms with Gasteiger partial charge in [0.15, 0.2) is 0 Å². The quantitative estimate of drug-likeness (QED) is 0.788. The van der Waals surface area contributed by atoms with E-state index in [0.717, 1.165) is 29.3 Å². The Kier molecular flexibility index (Phi) is 4.42. The molecule has 1 aliphatic carbocycles. The number of nitrogens with one attached hydrogen (secondary N) is 3. The predicted octanol–water partition coefficient (Wildman–Crippen LogP) is 1.89. The van der Waals surface area contributed by atoms with Crippen LogP contribution in [0.15, 0.2) is 30.5 Å². The van der Waals surface area contributed by atoms with Crippen LogP contribution in [0.2, 0.25) is 0 Å². The summed E-state index contributed by atoms with van der Waals surface area (Å²) < 4.78 is 0. The summed E-state index contributed by atoms with van der Waals surface area (Å²) >= 11 is 0. The van der Waals surface area contributed by atoms with Gasteiger partial charge in [0.2, 0.25) is 11.8 Å². The van der Waals surface area contributed by atoms with Crippen LogP contribution >= 0.6 is 0 Å². The molecule has 2 aromatic rings. The van der Waals surface area contributed by atoms with Gasteiger partial charge in [0.1, 0.15) is 0 Å². The SMILES string of the molecule is O=C(Cc1c[nH]c2ccccc12)NCC(=O)NC1CCCC1. The number of para-hydroxylation sites is 1. The second kappa shape index (κ2) is 6.64. The lowest BCUT2D eigenvalue weighted by atomic mass is 10.1. The van der Waals surface area contributed by atoms with Crippen molar-refractivity contribution >= 4 is 22.7 Å². The number of amides is 2. The fourth-order valence-electron chi connectivity index (χ4n) is 3.04. The van der Waals surface area contributed by atoms with Crippen LogP contribution in [0.4, 0.5) is 0 Å². The molecule has 0 radical (unpaired) electrons. The lowest BCUT2D eigenvalue weighted by Gasteiger charge is -2.12. The number of H-pyrrole nitrogens is 1. The zero-order chi connectivity index (χ0) is 15.4. The van der Waals surface area contributed by atoms with E-state index in [1.54, 1.807) is 0 Å². The van der Waals surface area contributed by atoms with Gasteiger partial charge in [0, 0.05) is 23.1 Å². The van der Waals surface area contributed by atoms with Gasteiger partial charge in [-0.15, -0.1) is 0 Å². The number of hydrogen-bond donors (Lipinski definition) is 3. The average Bonchev–Trinajstić information content (AvgIpc) is 3.16. The molecule has 0 saturated heterocycles. The normalized spacial score (nSPS) is 15.1. The first kappa shape index (κ1) is 14.6. The lowest BCUT2D eigenvalue weighted by molar-refractivity contribution is -0.126. The fourth-order valence-corrected chi connectivity index (χ4v) is 3.04. The Labute approximate surface area is 129 Å². The monoisotopic (exact) mass is 299 g/mol. The third-order valence-corrected chi connectivity index (χ3v) is 4.19. The maximum atomic E-state index is 12.0. The fraction of sp³-hybridized carbons (Fsp3) is 0.412. The highest BCUT2D eigenvalue weighted by Crippen LogP contribution is 2.18. The Hall–Kier alpha value is -2.30. The Morgan fingerprint density at radius 2 is 1.91 bits per heavy atom. The highest BCUT2D eigenvalue weighted by Gasteiger charge is 2.17. The van der Waals surface area contributed by atoms with Gasteiger partial charge in [-0.25, -0.2) is 0 Å². The average molecular weight is 299 g/mol. The van der Waals surface area contributed by atoms with Crippen LogP contribution in [0.3, 0.4) is 0 Å². The van der Waals surface area contributed by atoms with Crippen LogP contribution < -0.4 is 10.6 Å². The van der Waals surface area contributed by atoms with Crippen molar-refractivity contribution in [3.8, 4) is 0 Å². The molecule has 1 saturated carbocycles.